The number of amides is 1. The molecular formula is C17H16BrF3N2O2. The summed E-state index contributed by atoms with van der Waals surface area (Å²) in [4.78, 5) is 12.2. The maximum Gasteiger partial charge on any atom is 0.573 e. The van der Waals surface area contributed by atoms with Crippen molar-refractivity contribution in [3.05, 3.63) is 52.5 Å². The molecular weight excluding hydrogens is 401 g/mol. The number of benzene rings is 2. The van der Waals surface area contributed by atoms with Crippen molar-refractivity contribution in [2.24, 2.45) is 0 Å². The third-order valence-corrected chi connectivity index (χ3v) is 3.90. The van der Waals surface area contributed by atoms with Crippen LogP contribution in [-0.4, -0.2) is 18.3 Å². The SMILES string of the molecule is Cc1ccc(NC(=O)C(C)Nc2ccc(OC(F)(F)F)cc2)c(Br)c1. The van der Waals surface area contributed by atoms with Gasteiger partial charge in [0.2, 0.25) is 5.91 Å². The Morgan fingerprint density at radius 3 is 2.36 bits per heavy atom. The van der Waals surface area contributed by atoms with E-state index in [2.05, 4.69) is 31.3 Å². The molecule has 0 saturated heterocycles. The number of anilines is 2. The molecule has 25 heavy (non-hydrogen) atoms. The predicted molar refractivity (Wildman–Crippen MR) is 93.7 cm³/mol. The Kier molecular flexibility index (Phi) is 5.94. The van der Waals surface area contributed by atoms with Crippen LogP contribution in [0.3, 0.4) is 0 Å². The summed E-state index contributed by atoms with van der Waals surface area (Å²) < 4.78 is 40.9. The van der Waals surface area contributed by atoms with Gasteiger partial charge in [-0.1, -0.05) is 6.07 Å². The summed E-state index contributed by atoms with van der Waals surface area (Å²) in [5.74, 6) is -0.598. The van der Waals surface area contributed by atoms with Crippen LogP contribution in [0.5, 0.6) is 5.75 Å². The lowest BCUT2D eigenvalue weighted by Crippen LogP contribution is -2.32. The zero-order chi connectivity index (χ0) is 18.6. The van der Waals surface area contributed by atoms with Gasteiger partial charge in [0.15, 0.2) is 0 Å². The molecule has 1 amide bonds. The molecule has 134 valence electrons. The Morgan fingerprint density at radius 1 is 1.16 bits per heavy atom. The minimum Gasteiger partial charge on any atom is -0.406 e. The Balaban J connectivity index is 1.96. The van der Waals surface area contributed by atoms with Crippen molar-refractivity contribution in [3.8, 4) is 5.75 Å². The van der Waals surface area contributed by atoms with E-state index in [1.165, 1.54) is 24.3 Å². The first-order valence-corrected chi connectivity index (χ1v) is 8.13. The average molecular weight is 417 g/mol. The Labute approximate surface area is 151 Å². The lowest BCUT2D eigenvalue weighted by Gasteiger charge is -2.16. The van der Waals surface area contributed by atoms with Gasteiger partial charge in [-0.15, -0.1) is 13.2 Å². The van der Waals surface area contributed by atoms with Gasteiger partial charge >= 0.3 is 6.36 Å². The fourth-order valence-corrected chi connectivity index (χ4v) is 2.62. The first-order chi connectivity index (χ1) is 11.6. The smallest absolute Gasteiger partial charge is 0.406 e. The maximum absolute atomic E-state index is 12.2. The van der Waals surface area contributed by atoms with E-state index in [0.717, 1.165) is 10.0 Å². The number of nitrogens with one attached hydrogen (secondary N) is 2. The number of halogens is 4. The standard InChI is InChI=1S/C17H16BrF3N2O2/c1-10-3-8-15(14(18)9-10)23-16(24)11(2)22-12-4-6-13(7-5-12)25-17(19,20)21/h3-9,11,22H,1-2H3,(H,23,24). The molecule has 1 atom stereocenters. The third-order valence-electron chi connectivity index (χ3n) is 3.25. The summed E-state index contributed by atoms with van der Waals surface area (Å²) in [6, 6.07) is 10.1. The quantitative estimate of drug-likeness (QED) is 0.712. The van der Waals surface area contributed by atoms with Crippen molar-refractivity contribution in [1.29, 1.82) is 0 Å². The van der Waals surface area contributed by atoms with Crippen molar-refractivity contribution < 1.29 is 22.7 Å². The fourth-order valence-electron chi connectivity index (χ4n) is 2.03. The van der Waals surface area contributed by atoms with Crippen molar-refractivity contribution >= 4 is 33.2 Å². The molecule has 0 radical (unpaired) electrons. The van der Waals surface area contributed by atoms with E-state index in [1.807, 2.05) is 19.1 Å². The lowest BCUT2D eigenvalue weighted by molar-refractivity contribution is -0.274. The van der Waals surface area contributed by atoms with Gasteiger partial charge in [0.05, 0.1) is 5.69 Å². The van der Waals surface area contributed by atoms with Crippen LogP contribution in [0.1, 0.15) is 12.5 Å². The second kappa shape index (κ2) is 7.77. The molecule has 0 aliphatic rings. The van der Waals surface area contributed by atoms with E-state index >= 15 is 0 Å². The minimum absolute atomic E-state index is 0.278. The normalized spacial score (nSPS) is 12.4. The van der Waals surface area contributed by atoms with Crippen LogP contribution >= 0.6 is 15.9 Å². The number of hydrogen-bond donors (Lipinski definition) is 2. The minimum atomic E-state index is -4.73. The molecule has 8 heteroatoms. The van der Waals surface area contributed by atoms with Crippen molar-refractivity contribution in [3.63, 3.8) is 0 Å². The molecule has 0 spiro atoms. The van der Waals surface area contributed by atoms with E-state index in [4.69, 9.17) is 0 Å². The number of aryl methyl sites for hydroxylation is 1. The first kappa shape index (κ1) is 19.1. The number of alkyl halides is 3. The molecule has 2 aromatic rings. The number of ether oxygens (including phenoxy) is 1. The monoisotopic (exact) mass is 416 g/mol. The molecule has 0 heterocycles. The average Bonchev–Trinajstić information content (AvgIpc) is 2.50. The fraction of sp³-hybridized carbons (Fsp3) is 0.235. The van der Waals surface area contributed by atoms with Crippen LogP contribution in [0.15, 0.2) is 46.9 Å². The molecule has 0 fully saturated rings. The van der Waals surface area contributed by atoms with E-state index in [1.54, 1.807) is 13.0 Å². The molecule has 0 aliphatic heterocycles. The lowest BCUT2D eigenvalue weighted by atomic mass is 10.2. The van der Waals surface area contributed by atoms with Crippen LogP contribution < -0.4 is 15.4 Å². The Morgan fingerprint density at radius 2 is 1.80 bits per heavy atom. The largest absolute Gasteiger partial charge is 0.573 e. The summed E-state index contributed by atoms with van der Waals surface area (Å²) >= 11 is 3.38. The van der Waals surface area contributed by atoms with E-state index in [0.29, 0.717) is 11.4 Å². The number of hydrogen-bond acceptors (Lipinski definition) is 3. The van der Waals surface area contributed by atoms with Gasteiger partial charge < -0.3 is 15.4 Å². The van der Waals surface area contributed by atoms with Gasteiger partial charge in [-0.2, -0.15) is 0 Å². The highest BCUT2D eigenvalue weighted by Gasteiger charge is 2.31. The molecule has 2 rings (SSSR count). The Bertz CT molecular complexity index is 749. The van der Waals surface area contributed by atoms with E-state index < -0.39 is 12.4 Å². The molecule has 4 nitrogen and oxygen atoms in total. The van der Waals surface area contributed by atoms with Crippen molar-refractivity contribution in [2.75, 3.05) is 10.6 Å². The molecule has 2 N–H and O–H groups in total. The topological polar surface area (TPSA) is 50.4 Å². The number of carbonyl (C=O) groups is 1. The van der Waals surface area contributed by atoms with Gasteiger partial charge in [0, 0.05) is 10.2 Å². The van der Waals surface area contributed by atoms with Crippen LogP contribution in [0, 0.1) is 6.92 Å². The zero-order valence-corrected chi connectivity index (χ0v) is 15.0. The van der Waals surface area contributed by atoms with Crippen LogP contribution in [-0.2, 0) is 4.79 Å². The molecule has 0 bridgehead atoms. The second-order valence-corrected chi connectivity index (χ2v) is 6.27. The highest BCUT2D eigenvalue weighted by atomic mass is 79.9. The van der Waals surface area contributed by atoms with Gasteiger partial charge in [-0.05, 0) is 71.7 Å². The molecule has 1 unspecified atom stereocenters. The highest BCUT2D eigenvalue weighted by molar-refractivity contribution is 9.10. The van der Waals surface area contributed by atoms with E-state index in [-0.39, 0.29) is 11.7 Å². The highest BCUT2D eigenvalue weighted by Crippen LogP contribution is 2.25. The van der Waals surface area contributed by atoms with Gasteiger partial charge in [-0.25, -0.2) is 0 Å². The van der Waals surface area contributed by atoms with Crippen LogP contribution in [0.4, 0.5) is 24.5 Å². The third kappa shape index (κ3) is 5.97. The summed E-state index contributed by atoms with van der Waals surface area (Å²) in [7, 11) is 0. The summed E-state index contributed by atoms with van der Waals surface area (Å²) in [6.45, 7) is 3.59. The second-order valence-electron chi connectivity index (χ2n) is 5.41. The van der Waals surface area contributed by atoms with Crippen LogP contribution in [0.2, 0.25) is 0 Å². The van der Waals surface area contributed by atoms with E-state index in [9.17, 15) is 18.0 Å². The number of carbonyl (C=O) groups excluding carboxylic acids is 1. The zero-order valence-electron chi connectivity index (χ0n) is 13.4. The molecule has 0 aromatic heterocycles. The maximum atomic E-state index is 12.2. The Hall–Kier alpha value is -2.22. The molecule has 0 aliphatic carbocycles. The first-order valence-electron chi connectivity index (χ1n) is 7.33. The van der Waals surface area contributed by atoms with Gasteiger partial charge in [-0.3, -0.25) is 4.79 Å². The van der Waals surface area contributed by atoms with Gasteiger partial charge in [0.1, 0.15) is 11.8 Å². The van der Waals surface area contributed by atoms with Crippen LogP contribution in [0.25, 0.3) is 0 Å². The van der Waals surface area contributed by atoms with Crippen molar-refractivity contribution in [2.45, 2.75) is 26.3 Å². The summed E-state index contributed by atoms with van der Waals surface area (Å²) in [6.07, 6.45) is -4.73. The molecule has 2 aromatic carbocycles. The predicted octanol–water partition coefficient (Wildman–Crippen LogP) is 5.10. The summed E-state index contributed by atoms with van der Waals surface area (Å²) in [5.41, 5.74) is 2.19. The number of rotatable bonds is 5. The molecule has 0 saturated carbocycles. The summed E-state index contributed by atoms with van der Waals surface area (Å²) in [5, 5.41) is 5.70. The van der Waals surface area contributed by atoms with Crippen molar-refractivity contribution in [1.82, 2.24) is 0 Å². The van der Waals surface area contributed by atoms with Gasteiger partial charge in [0.25, 0.3) is 0 Å².